The van der Waals surface area contributed by atoms with Gasteiger partial charge in [-0.25, -0.2) is 0 Å². The predicted octanol–water partition coefficient (Wildman–Crippen LogP) is 2.36. The predicted molar refractivity (Wildman–Crippen MR) is 77.3 cm³/mol. The zero-order valence-electron chi connectivity index (χ0n) is 12.6. The first-order valence-corrected chi connectivity index (χ1v) is 7.63. The molecule has 0 radical (unpaired) electrons. The molecule has 1 amide bonds. The topological polar surface area (TPSA) is 45.5 Å². The Morgan fingerprint density at radius 3 is 2.75 bits per heavy atom. The van der Waals surface area contributed by atoms with E-state index in [2.05, 4.69) is 25.2 Å². The van der Waals surface area contributed by atoms with Crippen molar-refractivity contribution < 1.29 is 9.21 Å². The minimum Gasteiger partial charge on any atom is -0.464 e. The second-order valence-electron chi connectivity index (χ2n) is 6.52. The number of hydrogen-bond acceptors (Lipinski definition) is 3. The first-order valence-electron chi connectivity index (χ1n) is 7.63. The quantitative estimate of drug-likeness (QED) is 0.918. The zero-order valence-corrected chi connectivity index (χ0v) is 12.6. The van der Waals surface area contributed by atoms with Crippen molar-refractivity contribution in [3.05, 3.63) is 23.7 Å². The Morgan fingerprint density at radius 1 is 1.40 bits per heavy atom. The molecule has 1 aliphatic heterocycles. The Labute approximate surface area is 120 Å². The number of nitrogens with one attached hydrogen (secondary N) is 1. The molecule has 2 fully saturated rings. The monoisotopic (exact) mass is 276 g/mol. The lowest BCUT2D eigenvalue weighted by atomic mass is 10.0. The molecule has 2 heterocycles. The molecule has 4 heteroatoms. The molecule has 0 aromatic carbocycles. The maximum absolute atomic E-state index is 12.4. The lowest BCUT2D eigenvalue weighted by Gasteiger charge is -2.22. The fourth-order valence-corrected chi connectivity index (χ4v) is 3.11. The second kappa shape index (κ2) is 5.24. The van der Waals surface area contributed by atoms with Gasteiger partial charge in [0.2, 0.25) is 5.91 Å². The maximum atomic E-state index is 12.4. The third kappa shape index (κ3) is 2.62. The van der Waals surface area contributed by atoms with E-state index < -0.39 is 0 Å². The van der Waals surface area contributed by atoms with Gasteiger partial charge in [0.25, 0.3) is 0 Å². The Balaban J connectivity index is 1.59. The van der Waals surface area contributed by atoms with E-state index >= 15 is 0 Å². The standard InChI is InChI=1S/C16H24N2O2/c1-10-6-7-17-15(10)16(19)18(3)9-12-4-5-14(20-12)13-8-11(13)2/h4-5,10-11,13,15,17H,6-9H2,1-3H3. The highest BCUT2D eigenvalue weighted by Crippen LogP contribution is 2.47. The number of furan rings is 1. The molecule has 2 aliphatic rings. The van der Waals surface area contributed by atoms with Crippen molar-refractivity contribution in [2.45, 2.75) is 45.2 Å². The van der Waals surface area contributed by atoms with E-state index in [4.69, 9.17) is 4.42 Å². The van der Waals surface area contributed by atoms with Crippen LogP contribution in [-0.2, 0) is 11.3 Å². The minimum atomic E-state index is -0.0297. The summed E-state index contributed by atoms with van der Waals surface area (Å²) in [5.41, 5.74) is 0. The van der Waals surface area contributed by atoms with Gasteiger partial charge >= 0.3 is 0 Å². The normalized spacial score (nSPS) is 32.4. The van der Waals surface area contributed by atoms with E-state index in [1.807, 2.05) is 13.1 Å². The Bertz CT molecular complexity index is 496. The molecule has 0 bridgehead atoms. The molecular formula is C16H24N2O2. The average molecular weight is 276 g/mol. The van der Waals surface area contributed by atoms with Crippen molar-refractivity contribution in [3.8, 4) is 0 Å². The van der Waals surface area contributed by atoms with Crippen LogP contribution in [0.3, 0.4) is 0 Å². The van der Waals surface area contributed by atoms with Crippen LogP contribution in [0.1, 0.15) is 44.1 Å². The average Bonchev–Trinajstić information content (AvgIpc) is 2.81. The number of likely N-dealkylation sites (N-methyl/N-ethyl adjacent to an activating group) is 1. The first kappa shape index (κ1) is 13.7. The summed E-state index contributed by atoms with van der Waals surface area (Å²) >= 11 is 0. The van der Waals surface area contributed by atoms with Crippen molar-refractivity contribution in [1.29, 1.82) is 0 Å². The van der Waals surface area contributed by atoms with Gasteiger partial charge in [-0.2, -0.15) is 0 Å². The van der Waals surface area contributed by atoms with Gasteiger partial charge < -0.3 is 14.6 Å². The first-order chi connectivity index (χ1) is 9.56. The molecule has 1 aromatic heterocycles. The highest BCUT2D eigenvalue weighted by Gasteiger charge is 2.37. The van der Waals surface area contributed by atoms with Crippen LogP contribution in [0.15, 0.2) is 16.5 Å². The van der Waals surface area contributed by atoms with Crippen LogP contribution in [0.25, 0.3) is 0 Å². The SMILES string of the molecule is CC1CCNC1C(=O)N(C)Cc1ccc(C2CC2C)o1. The van der Waals surface area contributed by atoms with Crippen LogP contribution in [0, 0.1) is 11.8 Å². The largest absolute Gasteiger partial charge is 0.464 e. The van der Waals surface area contributed by atoms with E-state index in [0.29, 0.717) is 18.4 Å². The van der Waals surface area contributed by atoms with Gasteiger partial charge in [0.15, 0.2) is 0 Å². The van der Waals surface area contributed by atoms with Gasteiger partial charge in [-0.05, 0) is 43.4 Å². The van der Waals surface area contributed by atoms with E-state index in [1.54, 1.807) is 4.90 Å². The summed E-state index contributed by atoms with van der Waals surface area (Å²) in [4.78, 5) is 14.2. The van der Waals surface area contributed by atoms with Crippen LogP contribution in [0.2, 0.25) is 0 Å². The molecule has 20 heavy (non-hydrogen) atoms. The van der Waals surface area contributed by atoms with Crippen molar-refractivity contribution in [1.82, 2.24) is 10.2 Å². The fraction of sp³-hybridized carbons (Fsp3) is 0.688. The molecule has 1 aliphatic carbocycles. The number of hydrogen-bond donors (Lipinski definition) is 1. The molecule has 4 atom stereocenters. The molecule has 0 spiro atoms. The number of carbonyl (C=O) groups is 1. The molecule has 110 valence electrons. The van der Waals surface area contributed by atoms with Crippen LogP contribution < -0.4 is 5.32 Å². The van der Waals surface area contributed by atoms with E-state index in [0.717, 1.165) is 30.4 Å². The van der Waals surface area contributed by atoms with Crippen LogP contribution in [-0.4, -0.2) is 30.4 Å². The molecule has 1 saturated heterocycles. The highest BCUT2D eigenvalue weighted by atomic mass is 16.3. The summed E-state index contributed by atoms with van der Waals surface area (Å²) in [5, 5.41) is 3.29. The summed E-state index contributed by atoms with van der Waals surface area (Å²) < 4.78 is 5.87. The Kier molecular flexibility index (Phi) is 3.59. The van der Waals surface area contributed by atoms with Crippen molar-refractivity contribution in [2.75, 3.05) is 13.6 Å². The molecular weight excluding hydrogens is 252 g/mol. The number of rotatable bonds is 4. The Hall–Kier alpha value is -1.29. The summed E-state index contributed by atoms with van der Waals surface area (Å²) in [6.45, 7) is 5.88. The van der Waals surface area contributed by atoms with Crippen LogP contribution >= 0.6 is 0 Å². The van der Waals surface area contributed by atoms with E-state index in [1.165, 1.54) is 6.42 Å². The van der Waals surface area contributed by atoms with Crippen molar-refractivity contribution >= 4 is 5.91 Å². The third-order valence-corrected chi connectivity index (χ3v) is 4.73. The van der Waals surface area contributed by atoms with Gasteiger partial charge in [0, 0.05) is 13.0 Å². The summed E-state index contributed by atoms with van der Waals surface area (Å²) in [5.74, 6) is 3.91. The zero-order chi connectivity index (χ0) is 14.3. The summed E-state index contributed by atoms with van der Waals surface area (Å²) in [7, 11) is 1.86. The van der Waals surface area contributed by atoms with Gasteiger partial charge in [-0.1, -0.05) is 13.8 Å². The molecule has 1 aromatic rings. The van der Waals surface area contributed by atoms with Crippen LogP contribution in [0.4, 0.5) is 0 Å². The third-order valence-electron chi connectivity index (χ3n) is 4.73. The molecule has 4 unspecified atom stereocenters. The molecule has 1 N–H and O–H groups in total. The number of amides is 1. The van der Waals surface area contributed by atoms with Gasteiger partial charge in [0.1, 0.15) is 11.5 Å². The molecule has 4 nitrogen and oxygen atoms in total. The lowest BCUT2D eigenvalue weighted by molar-refractivity contribution is -0.133. The van der Waals surface area contributed by atoms with E-state index in [-0.39, 0.29) is 11.9 Å². The highest BCUT2D eigenvalue weighted by molar-refractivity contribution is 5.82. The van der Waals surface area contributed by atoms with Gasteiger partial charge in [-0.3, -0.25) is 4.79 Å². The smallest absolute Gasteiger partial charge is 0.240 e. The lowest BCUT2D eigenvalue weighted by Crippen LogP contribution is -2.43. The second-order valence-corrected chi connectivity index (χ2v) is 6.52. The number of carbonyl (C=O) groups excluding carboxylic acids is 1. The Morgan fingerprint density at radius 2 is 2.15 bits per heavy atom. The summed E-state index contributed by atoms with van der Waals surface area (Å²) in [6.07, 6.45) is 2.31. The maximum Gasteiger partial charge on any atom is 0.240 e. The van der Waals surface area contributed by atoms with E-state index in [9.17, 15) is 4.79 Å². The van der Waals surface area contributed by atoms with Crippen molar-refractivity contribution in [2.24, 2.45) is 11.8 Å². The van der Waals surface area contributed by atoms with Crippen molar-refractivity contribution in [3.63, 3.8) is 0 Å². The van der Waals surface area contributed by atoms with Gasteiger partial charge in [0.05, 0.1) is 12.6 Å². The number of nitrogens with zero attached hydrogens (tertiary/aromatic N) is 1. The summed E-state index contributed by atoms with van der Waals surface area (Å²) in [6, 6.07) is 4.05. The molecule has 3 rings (SSSR count). The fourth-order valence-electron chi connectivity index (χ4n) is 3.11. The molecule has 1 saturated carbocycles. The minimum absolute atomic E-state index is 0.0297. The van der Waals surface area contributed by atoms with Crippen LogP contribution in [0.5, 0.6) is 0 Å². The van der Waals surface area contributed by atoms with Gasteiger partial charge in [-0.15, -0.1) is 0 Å².